The van der Waals surface area contributed by atoms with Crippen LogP contribution < -0.4 is 5.32 Å². The highest BCUT2D eigenvalue weighted by atomic mass is 35.5. The summed E-state index contributed by atoms with van der Waals surface area (Å²) in [5, 5.41) is 4.79. The lowest BCUT2D eigenvalue weighted by Crippen LogP contribution is -2.14. The Balaban J connectivity index is 1.83. The average Bonchev–Trinajstić information content (AvgIpc) is 3.09. The Labute approximate surface area is 122 Å². The van der Waals surface area contributed by atoms with Crippen molar-refractivity contribution < 1.29 is 4.42 Å². The molecule has 0 saturated heterocycles. The van der Waals surface area contributed by atoms with Gasteiger partial charge in [0.05, 0.1) is 11.6 Å². The zero-order chi connectivity index (χ0) is 13.4. The molecule has 2 aromatic rings. The highest BCUT2D eigenvalue weighted by molar-refractivity contribution is 6.35. The molecule has 1 aliphatic carbocycles. The van der Waals surface area contributed by atoms with Crippen LogP contribution in [0.25, 0.3) is 11.3 Å². The Morgan fingerprint density at radius 1 is 1.21 bits per heavy atom. The van der Waals surface area contributed by atoms with Gasteiger partial charge in [0.15, 0.2) is 0 Å². The highest BCUT2D eigenvalue weighted by Gasteiger charge is 2.20. The number of halogens is 2. The van der Waals surface area contributed by atoms with E-state index in [0.29, 0.717) is 16.1 Å². The van der Waals surface area contributed by atoms with Gasteiger partial charge in [0.1, 0.15) is 11.5 Å². The van der Waals surface area contributed by atoms with Crippen LogP contribution in [-0.2, 0) is 6.54 Å². The topological polar surface area (TPSA) is 25.2 Å². The third-order valence-electron chi connectivity index (χ3n) is 3.32. The summed E-state index contributed by atoms with van der Waals surface area (Å²) in [6, 6.07) is 8.32. The molecule has 19 heavy (non-hydrogen) atoms. The van der Waals surface area contributed by atoms with Gasteiger partial charge in [-0.2, -0.15) is 0 Å². The lowest BCUT2D eigenvalue weighted by atomic mass is 10.1. The molecule has 0 radical (unpaired) electrons. The second kappa shape index (κ2) is 5.20. The van der Waals surface area contributed by atoms with Gasteiger partial charge in [-0.15, -0.1) is 0 Å². The Kier molecular flexibility index (Phi) is 3.57. The molecule has 4 heteroatoms. The summed E-state index contributed by atoms with van der Waals surface area (Å²) in [7, 11) is 0. The number of aryl methyl sites for hydroxylation is 1. The number of hydrogen-bond acceptors (Lipinski definition) is 2. The first-order valence-corrected chi connectivity index (χ1v) is 7.17. The first kappa shape index (κ1) is 13.0. The molecule has 0 atom stereocenters. The van der Waals surface area contributed by atoms with Crippen LogP contribution in [0.5, 0.6) is 0 Å². The lowest BCUT2D eigenvalue weighted by molar-refractivity contribution is 0.492. The van der Waals surface area contributed by atoms with Gasteiger partial charge >= 0.3 is 0 Å². The summed E-state index contributed by atoms with van der Waals surface area (Å²) in [5.41, 5.74) is 1.81. The van der Waals surface area contributed by atoms with E-state index in [1.807, 2.05) is 31.2 Å². The SMILES string of the molecule is Cc1cc(Cl)c(-c2ccc(CNC3CC3)o2)cc1Cl. The fourth-order valence-electron chi connectivity index (χ4n) is 1.99. The first-order valence-electron chi connectivity index (χ1n) is 6.41. The standard InChI is InChI=1S/C15H15Cl2NO/c1-9-6-14(17)12(7-13(9)16)15-5-4-11(19-15)8-18-10-2-3-10/h4-7,10,18H,2-3,8H2,1H3. The minimum Gasteiger partial charge on any atom is -0.460 e. The zero-order valence-electron chi connectivity index (χ0n) is 10.7. The molecule has 1 saturated carbocycles. The summed E-state index contributed by atoms with van der Waals surface area (Å²) in [4.78, 5) is 0. The lowest BCUT2D eigenvalue weighted by Gasteiger charge is -2.05. The van der Waals surface area contributed by atoms with E-state index in [-0.39, 0.29) is 0 Å². The Bertz CT molecular complexity index is 602. The third kappa shape index (κ3) is 2.97. The van der Waals surface area contributed by atoms with E-state index in [1.54, 1.807) is 0 Å². The van der Waals surface area contributed by atoms with E-state index in [4.69, 9.17) is 27.6 Å². The molecule has 0 unspecified atom stereocenters. The molecule has 0 aliphatic heterocycles. The van der Waals surface area contributed by atoms with Crippen molar-refractivity contribution in [3.05, 3.63) is 45.6 Å². The second-order valence-electron chi connectivity index (χ2n) is 5.00. The molecular weight excluding hydrogens is 281 g/mol. The molecule has 3 rings (SSSR count). The Morgan fingerprint density at radius 3 is 2.74 bits per heavy atom. The van der Waals surface area contributed by atoms with E-state index >= 15 is 0 Å². The van der Waals surface area contributed by atoms with Gasteiger partial charge < -0.3 is 9.73 Å². The summed E-state index contributed by atoms with van der Waals surface area (Å²) >= 11 is 12.4. The van der Waals surface area contributed by atoms with Crippen molar-refractivity contribution in [3.63, 3.8) is 0 Å². The largest absolute Gasteiger partial charge is 0.460 e. The molecular formula is C15H15Cl2NO. The van der Waals surface area contributed by atoms with Crippen LogP contribution in [0.2, 0.25) is 10.0 Å². The maximum atomic E-state index is 6.25. The van der Waals surface area contributed by atoms with E-state index in [1.165, 1.54) is 12.8 Å². The highest BCUT2D eigenvalue weighted by Crippen LogP contribution is 2.33. The maximum absolute atomic E-state index is 6.25. The minimum absolute atomic E-state index is 0.665. The average molecular weight is 296 g/mol. The van der Waals surface area contributed by atoms with Crippen LogP contribution >= 0.6 is 23.2 Å². The third-order valence-corrected chi connectivity index (χ3v) is 4.04. The van der Waals surface area contributed by atoms with Crippen molar-refractivity contribution in [1.82, 2.24) is 5.32 Å². The van der Waals surface area contributed by atoms with Crippen LogP contribution in [0.4, 0.5) is 0 Å². The van der Waals surface area contributed by atoms with E-state index in [9.17, 15) is 0 Å². The zero-order valence-corrected chi connectivity index (χ0v) is 12.2. The van der Waals surface area contributed by atoms with E-state index in [2.05, 4.69) is 5.32 Å². The summed E-state index contributed by atoms with van der Waals surface area (Å²) < 4.78 is 5.82. The van der Waals surface area contributed by atoms with Crippen LogP contribution in [0.3, 0.4) is 0 Å². The van der Waals surface area contributed by atoms with Crippen molar-refractivity contribution in [2.24, 2.45) is 0 Å². The predicted octanol–water partition coefficient (Wildman–Crippen LogP) is 4.81. The molecule has 100 valence electrons. The van der Waals surface area contributed by atoms with Gasteiger partial charge in [0.2, 0.25) is 0 Å². The summed E-state index contributed by atoms with van der Waals surface area (Å²) in [6.07, 6.45) is 2.54. The van der Waals surface area contributed by atoms with Crippen molar-refractivity contribution in [3.8, 4) is 11.3 Å². The van der Waals surface area contributed by atoms with Crippen LogP contribution in [0.1, 0.15) is 24.2 Å². The molecule has 1 N–H and O–H groups in total. The maximum Gasteiger partial charge on any atom is 0.135 e. The quantitative estimate of drug-likeness (QED) is 0.875. The molecule has 1 heterocycles. The van der Waals surface area contributed by atoms with Crippen molar-refractivity contribution in [1.29, 1.82) is 0 Å². The molecule has 0 spiro atoms. The van der Waals surface area contributed by atoms with E-state index < -0.39 is 0 Å². The smallest absolute Gasteiger partial charge is 0.135 e. The molecule has 2 nitrogen and oxygen atoms in total. The van der Waals surface area contributed by atoms with Crippen LogP contribution in [0.15, 0.2) is 28.7 Å². The van der Waals surface area contributed by atoms with Gasteiger partial charge in [-0.3, -0.25) is 0 Å². The second-order valence-corrected chi connectivity index (χ2v) is 5.82. The normalized spacial score (nSPS) is 14.9. The van der Waals surface area contributed by atoms with Crippen LogP contribution in [-0.4, -0.2) is 6.04 Å². The first-order chi connectivity index (χ1) is 9.13. The number of furan rings is 1. The van der Waals surface area contributed by atoms with Gasteiger partial charge in [-0.05, 0) is 49.6 Å². The molecule has 0 amide bonds. The molecule has 1 aromatic carbocycles. The fourth-order valence-corrected chi connectivity index (χ4v) is 2.46. The minimum atomic E-state index is 0.665. The fraction of sp³-hybridized carbons (Fsp3) is 0.333. The van der Waals surface area contributed by atoms with E-state index in [0.717, 1.165) is 29.2 Å². The van der Waals surface area contributed by atoms with Gasteiger partial charge in [0, 0.05) is 16.6 Å². The van der Waals surface area contributed by atoms with Gasteiger partial charge in [-0.25, -0.2) is 0 Å². The molecule has 0 bridgehead atoms. The monoisotopic (exact) mass is 295 g/mol. The van der Waals surface area contributed by atoms with Gasteiger partial charge in [0.25, 0.3) is 0 Å². The van der Waals surface area contributed by atoms with Gasteiger partial charge in [-0.1, -0.05) is 23.2 Å². The Morgan fingerprint density at radius 2 is 2.00 bits per heavy atom. The number of hydrogen-bond donors (Lipinski definition) is 1. The number of benzene rings is 1. The summed E-state index contributed by atoms with van der Waals surface area (Å²) in [5.74, 6) is 1.69. The molecule has 1 aliphatic rings. The molecule has 1 fully saturated rings. The number of rotatable bonds is 4. The van der Waals surface area contributed by atoms with Crippen molar-refractivity contribution >= 4 is 23.2 Å². The van der Waals surface area contributed by atoms with Crippen molar-refractivity contribution in [2.75, 3.05) is 0 Å². The van der Waals surface area contributed by atoms with Crippen molar-refractivity contribution in [2.45, 2.75) is 32.4 Å². The van der Waals surface area contributed by atoms with Crippen LogP contribution in [0, 0.1) is 6.92 Å². The summed E-state index contributed by atoms with van der Waals surface area (Å²) in [6.45, 7) is 2.70. The number of nitrogens with one attached hydrogen (secondary N) is 1. The predicted molar refractivity (Wildman–Crippen MR) is 78.8 cm³/mol. The Hall–Kier alpha value is -0.960. The molecule has 1 aromatic heterocycles.